The van der Waals surface area contributed by atoms with E-state index in [1.165, 1.54) is 18.4 Å². The normalized spacial score (nSPS) is 10.8. The molecule has 0 aliphatic carbocycles. The van der Waals surface area contributed by atoms with Gasteiger partial charge in [-0.25, -0.2) is 9.97 Å². The van der Waals surface area contributed by atoms with Crippen LogP contribution in [0, 0.1) is 0 Å². The van der Waals surface area contributed by atoms with E-state index in [0.717, 1.165) is 0 Å². The van der Waals surface area contributed by atoms with Gasteiger partial charge in [0, 0.05) is 12.5 Å². The van der Waals surface area contributed by atoms with Gasteiger partial charge in [-0.3, -0.25) is 4.79 Å². The Labute approximate surface area is 136 Å². The van der Waals surface area contributed by atoms with Gasteiger partial charge < -0.3 is 25.0 Å². The molecule has 0 spiro atoms. The van der Waals surface area contributed by atoms with Crippen molar-refractivity contribution in [2.24, 2.45) is 0 Å². The molecule has 2 aromatic rings. The van der Waals surface area contributed by atoms with Crippen molar-refractivity contribution in [2.75, 3.05) is 20.4 Å². The Kier molecular flexibility index (Phi) is 6.41. The molecule has 0 aromatic carbocycles. The molecule has 1 amide bonds. The maximum absolute atomic E-state index is 11.6. The zero-order valence-corrected chi connectivity index (χ0v) is 13.2. The van der Waals surface area contributed by atoms with Gasteiger partial charge in [-0.1, -0.05) is 0 Å². The summed E-state index contributed by atoms with van der Waals surface area (Å²) < 4.78 is 10.1. The predicted molar refractivity (Wildman–Crippen MR) is 82.8 cm³/mol. The zero-order valence-electron chi connectivity index (χ0n) is 12.4. The fourth-order valence-electron chi connectivity index (χ4n) is 1.66. The summed E-state index contributed by atoms with van der Waals surface area (Å²) >= 11 is 1.37. The lowest BCUT2D eigenvalue weighted by Crippen LogP contribution is -2.32. The van der Waals surface area contributed by atoms with E-state index in [1.807, 2.05) is 0 Å². The SMILES string of the molecule is COCOc1ccc(-c2nc(CC(=O)NCC(O)O)cs2)nc1. The standard InChI is InChI=1S/C14H17N3O5S/c1-21-8-22-10-2-3-11(15-5-10)14-17-9(7-23-14)4-12(18)16-6-13(19)20/h2-3,5,7,13,19-20H,4,6,8H2,1H3,(H,16,18). The predicted octanol–water partition coefficient (Wildman–Crippen LogP) is 0.157. The highest BCUT2D eigenvalue weighted by atomic mass is 32.1. The van der Waals surface area contributed by atoms with Crippen LogP contribution in [0.3, 0.4) is 0 Å². The molecule has 124 valence electrons. The third-order valence-corrected chi connectivity index (χ3v) is 3.59. The Hall–Kier alpha value is -2.07. The number of amides is 1. The van der Waals surface area contributed by atoms with E-state index in [9.17, 15) is 4.79 Å². The number of hydrogen-bond donors (Lipinski definition) is 3. The van der Waals surface area contributed by atoms with Crippen molar-refractivity contribution in [1.29, 1.82) is 0 Å². The second-order valence-corrected chi connectivity index (χ2v) is 5.39. The van der Waals surface area contributed by atoms with E-state index in [-0.39, 0.29) is 25.7 Å². The molecule has 3 N–H and O–H groups in total. The van der Waals surface area contributed by atoms with Crippen molar-refractivity contribution in [2.45, 2.75) is 12.7 Å². The number of hydrogen-bond acceptors (Lipinski definition) is 8. The van der Waals surface area contributed by atoms with Gasteiger partial charge in [0.25, 0.3) is 0 Å². The van der Waals surface area contributed by atoms with Gasteiger partial charge in [-0.2, -0.15) is 0 Å². The van der Waals surface area contributed by atoms with Gasteiger partial charge in [-0.15, -0.1) is 11.3 Å². The lowest BCUT2D eigenvalue weighted by molar-refractivity contribution is -0.122. The highest BCUT2D eigenvalue weighted by molar-refractivity contribution is 7.13. The van der Waals surface area contributed by atoms with Crippen LogP contribution in [0.4, 0.5) is 0 Å². The molecule has 0 saturated carbocycles. The number of aliphatic hydroxyl groups is 2. The first-order chi connectivity index (χ1) is 11.1. The second-order valence-electron chi connectivity index (χ2n) is 4.54. The molecule has 2 heterocycles. The van der Waals surface area contributed by atoms with E-state index in [1.54, 1.807) is 23.7 Å². The lowest BCUT2D eigenvalue weighted by Gasteiger charge is -2.05. The number of aromatic nitrogens is 2. The molecule has 2 rings (SSSR count). The Balaban J connectivity index is 1.94. The molecule has 0 saturated heterocycles. The average molecular weight is 339 g/mol. The first-order valence-electron chi connectivity index (χ1n) is 6.74. The molecule has 0 atom stereocenters. The Bertz CT molecular complexity index is 630. The van der Waals surface area contributed by atoms with E-state index in [4.69, 9.17) is 19.7 Å². The number of carbonyl (C=O) groups is 1. The topological polar surface area (TPSA) is 114 Å². The Morgan fingerprint density at radius 1 is 1.43 bits per heavy atom. The third-order valence-electron chi connectivity index (χ3n) is 2.67. The van der Waals surface area contributed by atoms with Gasteiger partial charge in [0.2, 0.25) is 5.91 Å². The number of nitrogens with zero attached hydrogens (tertiary/aromatic N) is 2. The van der Waals surface area contributed by atoms with Crippen LogP contribution in [0.15, 0.2) is 23.7 Å². The number of carbonyl (C=O) groups excluding carboxylic acids is 1. The first-order valence-corrected chi connectivity index (χ1v) is 7.62. The van der Waals surface area contributed by atoms with E-state index in [2.05, 4.69) is 15.3 Å². The van der Waals surface area contributed by atoms with E-state index < -0.39 is 6.29 Å². The summed E-state index contributed by atoms with van der Waals surface area (Å²) in [6.45, 7) is -0.0552. The van der Waals surface area contributed by atoms with E-state index >= 15 is 0 Å². The monoisotopic (exact) mass is 339 g/mol. The van der Waals surface area contributed by atoms with Crippen molar-refractivity contribution >= 4 is 17.2 Å². The smallest absolute Gasteiger partial charge is 0.226 e. The quantitative estimate of drug-likeness (QED) is 0.587. The van der Waals surface area contributed by atoms with Gasteiger partial charge in [0.15, 0.2) is 13.1 Å². The molecule has 9 heteroatoms. The Morgan fingerprint density at radius 3 is 2.91 bits per heavy atom. The molecule has 0 fully saturated rings. The molecule has 2 aromatic heterocycles. The average Bonchev–Trinajstić information content (AvgIpc) is 3.00. The van der Waals surface area contributed by atoms with Crippen LogP contribution in [-0.2, 0) is 16.0 Å². The van der Waals surface area contributed by atoms with Crippen LogP contribution >= 0.6 is 11.3 Å². The summed E-state index contributed by atoms with van der Waals surface area (Å²) in [7, 11) is 1.54. The van der Waals surface area contributed by atoms with Gasteiger partial charge >= 0.3 is 0 Å². The number of aliphatic hydroxyl groups excluding tert-OH is 1. The molecule has 0 unspecified atom stereocenters. The summed E-state index contributed by atoms with van der Waals surface area (Å²) in [6, 6.07) is 3.54. The number of ether oxygens (including phenoxy) is 2. The molecule has 0 bridgehead atoms. The molecule has 23 heavy (non-hydrogen) atoms. The third kappa shape index (κ3) is 5.57. The minimum Gasteiger partial charge on any atom is -0.466 e. The number of pyridine rings is 1. The van der Waals surface area contributed by atoms with Crippen LogP contribution < -0.4 is 10.1 Å². The number of methoxy groups -OCH3 is 1. The van der Waals surface area contributed by atoms with Crippen molar-refractivity contribution in [3.63, 3.8) is 0 Å². The zero-order chi connectivity index (χ0) is 16.7. The number of rotatable bonds is 8. The fraction of sp³-hybridized carbons (Fsp3) is 0.357. The highest BCUT2D eigenvalue weighted by Gasteiger charge is 2.10. The number of thiazole rings is 1. The van der Waals surface area contributed by atoms with Crippen LogP contribution in [0.5, 0.6) is 5.75 Å². The molecular weight excluding hydrogens is 322 g/mol. The minimum absolute atomic E-state index is 0.0677. The van der Waals surface area contributed by atoms with Crippen LogP contribution in [0.25, 0.3) is 10.7 Å². The molecule has 0 radical (unpaired) electrons. The van der Waals surface area contributed by atoms with Crippen molar-refractivity contribution in [3.05, 3.63) is 29.4 Å². The molecule has 0 aliphatic rings. The van der Waals surface area contributed by atoms with Crippen molar-refractivity contribution < 1.29 is 24.5 Å². The van der Waals surface area contributed by atoms with Crippen LogP contribution in [0.1, 0.15) is 5.69 Å². The van der Waals surface area contributed by atoms with Crippen molar-refractivity contribution in [1.82, 2.24) is 15.3 Å². The van der Waals surface area contributed by atoms with Gasteiger partial charge in [-0.05, 0) is 12.1 Å². The summed E-state index contributed by atoms with van der Waals surface area (Å²) in [5.41, 5.74) is 1.27. The van der Waals surface area contributed by atoms with Gasteiger partial charge in [0.1, 0.15) is 10.8 Å². The minimum atomic E-state index is -1.56. The van der Waals surface area contributed by atoms with Gasteiger partial charge in [0.05, 0.1) is 30.6 Å². The first kappa shape index (κ1) is 17.3. The van der Waals surface area contributed by atoms with Crippen LogP contribution in [0.2, 0.25) is 0 Å². The second kappa shape index (κ2) is 8.53. The Morgan fingerprint density at radius 2 is 2.26 bits per heavy atom. The van der Waals surface area contributed by atoms with Crippen LogP contribution in [-0.4, -0.2) is 52.8 Å². The maximum atomic E-state index is 11.6. The largest absolute Gasteiger partial charge is 0.466 e. The van der Waals surface area contributed by atoms with E-state index in [0.29, 0.717) is 22.1 Å². The molecule has 8 nitrogen and oxygen atoms in total. The molecule has 0 aliphatic heterocycles. The maximum Gasteiger partial charge on any atom is 0.226 e. The fourth-order valence-corrected chi connectivity index (χ4v) is 2.45. The number of nitrogens with one attached hydrogen (secondary N) is 1. The summed E-state index contributed by atoms with van der Waals surface area (Å²) in [5.74, 6) is 0.264. The highest BCUT2D eigenvalue weighted by Crippen LogP contribution is 2.23. The lowest BCUT2D eigenvalue weighted by atomic mass is 10.3. The van der Waals surface area contributed by atoms with Crippen molar-refractivity contribution in [3.8, 4) is 16.5 Å². The summed E-state index contributed by atoms with van der Waals surface area (Å²) in [4.78, 5) is 20.2. The summed E-state index contributed by atoms with van der Waals surface area (Å²) in [6.07, 6.45) is 0.0798. The molecular formula is C14H17N3O5S. The summed E-state index contributed by atoms with van der Waals surface area (Å²) in [5, 5.41) is 22.2.